The number of anilines is 1. The summed E-state index contributed by atoms with van der Waals surface area (Å²) in [7, 11) is 0. The summed E-state index contributed by atoms with van der Waals surface area (Å²) in [5.74, 6) is -0.172. The van der Waals surface area contributed by atoms with Crippen molar-refractivity contribution in [2.45, 2.75) is 39.3 Å². The molecule has 136 valence electrons. The van der Waals surface area contributed by atoms with E-state index in [1.165, 1.54) is 5.56 Å². The van der Waals surface area contributed by atoms with Gasteiger partial charge >= 0.3 is 6.03 Å². The molecule has 2 heterocycles. The second-order valence-corrected chi connectivity index (χ2v) is 6.60. The topological polar surface area (TPSA) is 74.3 Å². The molecule has 6 nitrogen and oxygen atoms in total. The standard InChI is InChI=1S/C20H24N4O2/c1-3-14(2)22-20(26)24-11-8-15-4-5-18(12-17(15)13-24)23-19(25)16-6-9-21-10-7-16/h4-7,9-10,12,14H,3,8,11,13H2,1-2H3,(H,22,26)(H,23,25)/t14-/m1/s1. The molecule has 26 heavy (non-hydrogen) atoms. The van der Waals surface area contributed by atoms with Crippen LogP contribution in [-0.2, 0) is 13.0 Å². The summed E-state index contributed by atoms with van der Waals surface area (Å²) >= 11 is 0. The number of benzene rings is 1. The molecule has 1 aliphatic rings. The molecule has 2 N–H and O–H groups in total. The van der Waals surface area contributed by atoms with Gasteiger partial charge < -0.3 is 15.5 Å². The number of carbonyl (C=O) groups is 2. The van der Waals surface area contributed by atoms with Crippen LogP contribution in [0.5, 0.6) is 0 Å². The number of urea groups is 1. The minimum Gasteiger partial charge on any atom is -0.336 e. The molecule has 0 spiro atoms. The van der Waals surface area contributed by atoms with Crippen LogP contribution in [0.15, 0.2) is 42.7 Å². The molecule has 0 aliphatic carbocycles. The first-order valence-electron chi connectivity index (χ1n) is 8.95. The Morgan fingerprint density at radius 3 is 2.69 bits per heavy atom. The fourth-order valence-corrected chi connectivity index (χ4v) is 2.92. The number of aromatic nitrogens is 1. The average Bonchev–Trinajstić information content (AvgIpc) is 2.67. The number of rotatable bonds is 4. The predicted molar refractivity (Wildman–Crippen MR) is 101 cm³/mol. The first-order chi connectivity index (χ1) is 12.6. The van der Waals surface area contributed by atoms with E-state index in [9.17, 15) is 9.59 Å². The Morgan fingerprint density at radius 2 is 1.96 bits per heavy atom. The Hall–Kier alpha value is -2.89. The molecule has 0 unspecified atom stereocenters. The maximum Gasteiger partial charge on any atom is 0.317 e. The Morgan fingerprint density at radius 1 is 1.19 bits per heavy atom. The molecule has 0 bridgehead atoms. The highest BCUT2D eigenvalue weighted by atomic mass is 16.2. The number of nitrogens with zero attached hydrogens (tertiary/aromatic N) is 2. The highest BCUT2D eigenvalue weighted by Gasteiger charge is 2.21. The number of carbonyl (C=O) groups excluding carboxylic acids is 2. The first kappa shape index (κ1) is 17.9. The van der Waals surface area contributed by atoms with E-state index in [0.717, 1.165) is 24.1 Å². The number of nitrogens with one attached hydrogen (secondary N) is 2. The zero-order valence-electron chi connectivity index (χ0n) is 15.2. The lowest BCUT2D eigenvalue weighted by Crippen LogP contribution is -2.45. The summed E-state index contributed by atoms with van der Waals surface area (Å²) in [6, 6.07) is 9.38. The molecule has 3 amide bonds. The van der Waals surface area contributed by atoms with Crippen LogP contribution in [0.25, 0.3) is 0 Å². The van der Waals surface area contributed by atoms with Crippen molar-refractivity contribution in [2.24, 2.45) is 0 Å². The fourth-order valence-electron chi connectivity index (χ4n) is 2.92. The Bertz CT molecular complexity index is 792. The molecular weight excluding hydrogens is 328 g/mol. The Kier molecular flexibility index (Phi) is 5.51. The Labute approximate surface area is 153 Å². The van der Waals surface area contributed by atoms with Crippen molar-refractivity contribution >= 4 is 17.6 Å². The molecule has 2 aromatic rings. The summed E-state index contributed by atoms with van der Waals surface area (Å²) in [6.45, 7) is 5.31. The van der Waals surface area contributed by atoms with Gasteiger partial charge in [-0.1, -0.05) is 13.0 Å². The largest absolute Gasteiger partial charge is 0.336 e. The number of hydrogen-bond donors (Lipinski definition) is 2. The zero-order valence-corrected chi connectivity index (χ0v) is 15.2. The maximum atomic E-state index is 12.4. The van der Waals surface area contributed by atoms with Gasteiger partial charge in [0.05, 0.1) is 0 Å². The molecule has 6 heteroatoms. The van der Waals surface area contributed by atoms with Gasteiger partial charge in [-0.3, -0.25) is 9.78 Å². The number of fused-ring (bicyclic) bond motifs is 1. The van der Waals surface area contributed by atoms with Gasteiger partial charge in [0.2, 0.25) is 0 Å². The van der Waals surface area contributed by atoms with E-state index in [4.69, 9.17) is 0 Å². The van der Waals surface area contributed by atoms with Gasteiger partial charge in [-0.15, -0.1) is 0 Å². The summed E-state index contributed by atoms with van der Waals surface area (Å²) in [4.78, 5) is 30.4. The lowest BCUT2D eigenvalue weighted by molar-refractivity contribution is 0.102. The maximum absolute atomic E-state index is 12.4. The van der Waals surface area contributed by atoms with Crippen LogP contribution < -0.4 is 10.6 Å². The van der Waals surface area contributed by atoms with Gasteiger partial charge in [0.1, 0.15) is 0 Å². The van der Waals surface area contributed by atoms with Crippen molar-refractivity contribution in [3.8, 4) is 0 Å². The second kappa shape index (κ2) is 7.99. The second-order valence-electron chi connectivity index (χ2n) is 6.60. The lowest BCUT2D eigenvalue weighted by atomic mass is 9.99. The molecule has 0 saturated heterocycles. The molecule has 1 aliphatic heterocycles. The highest BCUT2D eigenvalue weighted by Crippen LogP contribution is 2.23. The van der Waals surface area contributed by atoms with Crippen LogP contribution >= 0.6 is 0 Å². The monoisotopic (exact) mass is 352 g/mol. The smallest absolute Gasteiger partial charge is 0.317 e. The van der Waals surface area contributed by atoms with E-state index in [1.54, 1.807) is 24.5 Å². The van der Waals surface area contributed by atoms with Crippen LogP contribution in [0.3, 0.4) is 0 Å². The van der Waals surface area contributed by atoms with Crippen molar-refractivity contribution in [2.75, 3.05) is 11.9 Å². The quantitative estimate of drug-likeness (QED) is 0.887. The normalized spacial score (nSPS) is 14.3. The van der Waals surface area contributed by atoms with Gasteiger partial charge in [0, 0.05) is 42.8 Å². The average molecular weight is 352 g/mol. The summed E-state index contributed by atoms with van der Waals surface area (Å²) < 4.78 is 0. The van der Waals surface area contributed by atoms with Crippen molar-refractivity contribution in [1.29, 1.82) is 0 Å². The van der Waals surface area contributed by atoms with Crippen LogP contribution in [0.4, 0.5) is 10.5 Å². The molecular formula is C20H24N4O2. The van der Waals surface area contributed by atoms with Crippen molar-refractivity contribution in [3.05, 3.63) is 59.4 Å². The lowest BCUT2D eigenvalue weighted by Gasteiger charge is -2.30. The van der Waals surface area contributed by atoms with Crippen LogP contribution in [0, 0.1) is 0 Å². The van der Waals surface area contributed by atoms with E-state index < -0.39 is 0 Å². The van der Waals surface area contributed by atoms with Crippen LogP contribution in [0.1, 0.15) is 41.8 Å². The highest BCUT2D eigenvalue weighted by molar-refractivity contribution is 6.04. The van der Waals surface area contributed by atoms with Gasteiger partial charge in [-0.05, 0) is 55.2 Å². The third-order valence-electron chi connectivity index (χ3n) is 4.69. The van der Waals surface area contributed by atoms with E-state index >= 15 is 0 Å². The van der Waals surface area contributed by atoms with Crippen molar-refractivity contribution in [3.63, 3.8) is 0 Å². The van der Waals surface area contributed by atoms with Gasteiger partial charge in [0.15, 0.2) is 0 Å². The summed E-state index contributed by atoms with van der Waals surface area (Å²) in [5, 5.41) is 5.92. The van der Waals surface area contributed by atoms with E-state index in [2.05, 4.69) is 15.6 Å². The van der Waals surface area contributed by atoms with E-state index in [-0.39, 0.29) is 18.0 Å². The zero-order chi connectivity index (χ0) is 18.5. The summed E-state index contributed by atoms with van der Waals surface area (Å²) in [5.41, 5.74) is 3.59. The third kappa shape index (κ3) is 4.20. The summed E-state index contributed by atoms with van der Waals surface area (Å²) in [6.07, 6.45) is 4.91. The first-order valence-corrected chi connectivity index (χ1v) is 8.95. The molecule has 1 atom stereocenters. The van der Waals surface area contributed by atoms with Gasteiger partial charge in [-0.25, -0.2) is 4.79 Å². The molecule has 1 aromatic carbocycles. The number of hydrogen-bond acceptors (Lipinski definition) is 3. The third-order valence-corrected chi connectivity index (χ3v) is 4.69. The predicted octanol–water partition coefficient (Wildman–Crippen LogP) is 3.20. The SMILES string of the molecule is CC[C@@H](C)NC(=O)N1CCc2ccc(NC(=O)c3ccncc3)cc2C1. The fraction of sp³-hybridized carbons (Fsp3) is 0.350. The van der Waals surface area contributed by atoms with Crippen LogP contribution in [0.2, 0.25) is 0 Å². The minimum atomic E-state index is -0.172. The van der Waals surface area contributed by atoms with Crippen molar-refractivity contribution in [1.82, 2.24) is 15.2 Å². The molecule has 3 rings (SSSR count). The van der Waals surface area contributed by atoms with E-state index in [0.29, 0.717) is 18.7 Å². The molecule has 0 radical (unpaired) electrons. The molecule has 0 fully saturated rings. The van der Waals surface area contributed by atoms with Gasteiger partial charge in [0.25, 0.3) is 5.91 Å². The van der Waals surface area contributed by atoms with Crippen LogP contribution in [-0.4, -0.2) is 34.4 Å². The van der Waals surface area contributed by atoms with E-state index in [1.807, 2.05) is 36.9 Å². The number of pyridine rings is 1. The molecule has 1 aromatic heterocycles. The Balaban J connectivity index is 1.69. The van der Waals surface area contributed by atoms with Gasteiger partial charge in [-0.2, -0.15) is 0 Å². The molecule has 0 saturated carbocycles. The minimum absolute atomic E-state index is 0.0313. The van der Waals surface area contributed by atoms with Crippen molar-refractivity contribution < 1.29 is 9.59 Å². The number of amides is 3.